The zero-order valence-corrected chi connectivity index (χ0v) is 10.6. The first-order chi connectivity index (χ1) is 9.00. The monoisotopic (exact) mass is 282 g/mol. The van der Waals surface area contributed by atoms with Crippen molar-refractivity contribution in [1.82, 2.24) is 4.98 Å². The molecule has 19 heavy (non-hydrogen) atoms. The van der Waals surface area contributed by atoms with E-state index in [2.05, 4.69) is 4.98 Å². The summed E-state index contributed by atoms with van der Waals surface area (Å²) in [5.74, 6) is -1.69. The van der Waals surface area contributed by atoms with E-state index in [-0.39, 0.29) is 10.6 Å². The van der Waals surface area contributed by atoms with Crippen molar-refractivity contribution in [2.45, 2.75) is 6.42 Å². The second kappa shape index (κ2) is 5.27. The standard InChI is InChI=1S/C12H11ClN2O4/c13-9-8(12(18)19)1-4-14-10(9)15-5-2-7(3-6-15)11(16)17/h1-2,4H,3,5-6H2,(H,16,17)(H,18,19). The molecule has 7 heteroatoms. The van der Waals surface area contributed by atoms with Gasteiger partial charge in [0, 0.05) is 24.9 Å². The highest BCUT2D eigenvalue weighted by atomic mass is 35.5. The Hall–Kier alpha value is -2.08. The highest BCUT2D eigenvalue weighted by molar-refractivity contribution is 6.35. The van der Waals surface area contributed by atoms with Crippen molar-refractivity contribution in [3.05, 3.63) is 34.5 Å². The number of hydrogen-bond donors (Lipinski definition) is 2. The van der Waals surface area contributed by atoms with Crippen molar-refractivity contribution in [2.24, 2.45) is 0 Å². The lowest BCUT2D eigenvalue weighted by molar-refractivity contribution is -0.132. The number of carbonyl (C=O) groups is 2. The third-order valence-corrected chi connectivity index (χ3v) is 3.26. The molecule has 1 aliphatic heterocycles. The van der Waals surface area contributed by atoms with E-state index < -0.39 is 11.9 Å². The zero-order valence-electron chi connectivity index (χ0n) is 9.84. The fourth-order valence-corrected chi connectivity index (χ4v) is 2.19. The van der Waals surface area contributed by atoms with Crippen LogP contribution < -0.4 is 4.90 Å². The van der Waals surface area contributed by atoms with Crippen LogP contribution in [0.5, 0.6) is 0 Å². The molecule has 6 nitrogen and oxygen atoms in total. The minimum atomic E-state index is -1.12. The SMILES string of the molecule is O=C(O)C1=CCN(c2nccc(C(=O)O)c2Cl)CC1. The van der Waals surface area contributed by atoms with Crippen LogP contribution >= 0.6 is 11.6 Å². The molecule has 1 aromatic rings. The highest BCUT2D eigenvalue weighted by Gasteiger charge is 2.21. The molecule has 0 spiro atoms. The fourth-order valence-electron chi connectivity index (χ4n) is 1.87. The molecule has 2 N–H and O–H groups in total. The lowest BCUT2D eigenvalue weighted by Gasteiger charge is -2.27. The number of nitrogens with zero attached hydrogens (tertiary/aromatic N) is 2. The van der Waals surface area contributed by atoms with Gasteiger partial charge >= 0.3 is 11.9 Å². The Balaban J connectivity index is 2.28. The van der Waals surface area contributed by atoms with Gasteiger partial charge in [0.1, 0.15) is 5.82 Å². The summed E-state index contributed by atoms with van der Waals surface area (Å²) in [5.41, 5.74) is 0.335. The Bertz CT molecular complexity index is 571. The highest BCUT2D eigenvalue weighted by Crippen LogP contribution is 2.28. The van der Waals surface area contributed by atoms with E-state index in [1.807, 2.05) is 0 Å². The van der Waals surface area contributed by atoms with Crippen molar-refractivity contribution >= 4 is 29.4 Å². The third kappa shape index (κ3) is 2.68. The maximum Gasteiger partial charge on any atom is 0.337 e. The summed E-state index contributed by atoms with van der Waals surface area (Å²) in [4.78, 5) is 27.6. The molecule has 1 aromatic heterocycles. The summed E-state index contributed by atoms with van der Waals surface area (Å²) in [6.07, 6.45) is 3.32. The molecule has 0 atom stereocenters. The molecule has 0 radical (unpaired) electrons. The summed E-state index contributed by atoms with van der Waals surface area (Å²) in [7, 11) is 0. The van der Waals surface area contributed by atoms with Gasteiger partial charge in [-0.15, -0.1) is 0 Å². The zero-order chi connectivity index (χ0) is 14.0. The Morgan fingerprint density at radius 3 is 2.58 bits per heavy atom. The first-order valence-electron chi connectivity index (χ1n) is 5.55. The summed E-state index contributed by atoms with van der Waals surface area (Å²) in [5, 5.41) is 17.9. The molecule has 0 aromatic carbocycles. The van der Waals surface area contributed by atoms with E-state index in [9.17, 15) is 9.59 Å². The lowest BCUT2D eigenvalue weighted by Crippen LogP contribution is -2.31. The number of anilines is 1. The van der Waals surface area contributed by atoms with Gasteiger partial charge in [0.25, 0.3) is 0 Å². The second-order valence-corrected chi connectivity index (χ2v) is 4.41. The van der Waals surface area contributed by atoms with Crippen LogP contribution in [0.2, 0.25) is 5.02 Å². The van der Waals surface area contributed by atoms with Gasteiger partial charge in [-0.2, -0.15) is 0 Å². The van der Waals surface area contributed by atoms with Gasteiger partial charge in [-0.1, -0.05) is 17.7 Å². The predicted molar refractivity (Wildman–Crippen MR) is 68.8 cm³/mol. The van der Waals surface area contributed by atoms with E-state index in [4.69, 9.17) is 21.8 Å². The van der Waals surface area contributed by atoms with Gasteiger partial charge in [-0.25, -0.2) is 14.6 Å². The first kappa shape index (κ1) is 13.4. The van der Waals surface area contributed by atoms with Crippen LogP contribution in [0.3, 0.4) is 0 Å². The number of halogens is 1. The third-order valence-electron chi connectivity index (χ3n) is 2.88. The molecule has 100 valence electrons. The number of carboxylic acid groups (broad SMARTS) is 2. The largest absolute Gasteiger partial charge is 0.478 e. The minimum absolute atomic E-state index is 0.0142. The van der Waals surface area contributed by atoms with Crippen LogP contribution in [-0.4, -0.2) is 40.2 Å². The van der Waals surface area contributed by atoms with Gasteiger partial charge in [0.2, 0.25) is 0 Å². The number of aromatic carboxylic acids is 1. The Kier molecular flexibility index (Phi) is 3.71. The van der Waals surface area contributed by atoms with Gasteiger partial charge in [0.15, 0.2) is 0 Å². The number of pyridine rings is 1. The van der Waals surface area contributed by atoms with E-state index >= 15 is 0 Å². The topological polar surface area (TPSA) is 90.7 Å². The normalized spacial score (nSPS) is 15.0. The van der Waals surface area contributed by atoms with E-state index in [0.29, 0.717) is 30.9 Å². The van der Waals surface area contributed by atoms with Crippen LogP contribution in [0.15, 0.2) is 23.9 Å². The van der Waals surface area contributed by atoms with Crippen molar-refractivity contribution in [3.63, 3.8) is 0 Å². The van der Waals surface area contributed by atoms with Gasteiger partial charge in [-0.05, 0) is 12.5 Å². The molecule has 0 amide bonds. The number of rotatable bonds is 3. The molecule has 1 aliphatic rings. The molecule has 2 rings (SSSR count). The van der Waals surface area contributed by atoms with Crippen LogP contribution in [0.25, 0.3) is 0 Å². The molecular weight excluding hydrogens is 272 g/mol. The maximum absolute atomic E-state index is 11.0. The van der Waals surface area contributed by atoms with Gasteiger partial charge in [0.05, 0.1) is 10.6 Å². The molecule has 0 bridgehead atoms. The molecule has 0 saturated heterocycles. The van der Waals surface area contributed by atoms with E-state index in [0.717, 1.165) is 0 Å². The summed E-state index contributed by atoms with van der Waals surface area (Å²) >= 11 is 6.01. The molecular formula is C12H11ClN2O4. The van der Waals surface area contributed by atoms with Crippen molar-refractivity contribution in [1.29, 1.82) is 0 Å². The molecule has 2 heterocycles. The minimum Gasteiger partial charge on any atom is -0.478 e. The Morgan fingerprint density at radius 2 is 2.05 bits per heavy atom. The van der Waals surface area contributed by atoms with E-state index in [1.54, 1.807) is 11.0 Å². The Labute approximate surface area is 113 Å². The van der Waals surface area contributed by atoms with Crippen LogP contribution in [-0.2, 0) is 4.79 Å². The maximum atomic E-state index is 11.0. The number of carboxylic acids is 2. The van der Waals surface area contributed by atoms with Gasteiger partial charge in [-0.3, -0.25) is 0 Å². The lowest BCUT2D eigenvalue weighted by atomic mass is 10.1. The molecule has 0 fully saturated rings. The van der Waals surface area contributed by atoms with Crippen molar-refractivity contribution in [3.8, 4) is 0 Å². The number of hydrogen-bond acceptors (Lipinski definition) is 4. The predicted octanol–water partition coefficient (Wildman–Crippen LogP) is 1.65. The quantitative estimate of drug-likeness (QED) is 0.876. The van der Waals surface area contributed by atoms with Crippen LogP contribution in [0.1, 0.15) is 16.8 Å². The van der Waals surface area contributed by atoms with E-state index in [1.165, 1.54) is 12.3 Å². The van der Waals surface area contributed by atoms with Crippen LogP contribution in [0.4, 0.5) is 5.82 Å². The van der Waals surface area contributed by atoms with Crippen molar-refractivity contribution in [2.75, 3.05) is 18.0 Å². The van der Waals surface area contributed by atoms with Crippen LogP contribution in [0, 0.1) is 0 Å². The summed E-state index contributed by atoms with van der Waals surface area (Å²) in [6, 6.07) is 1.33. The Morgan fingerprint density at radius 1 is 1.32 bits per heavy atom. The smallest absolute Gasteiger partial charge is 0.337 e. The average Bonchev–Trinajstić information content (AvgIpc) is 2.38. The van der Waals surface area contributed by atoms with Crippen molar-refractivity contribution < 1.29 is 19.8 Å². The molecule has 0 aliphatic carbocycles. The number of aliphatic carboxylic acids is 1. The summed E-state index contributed by atoms with van der Waals surface area (Å²) in [6.45, 7) is 0.783. The molecule has 0 unspecified atom stereocenters. The molecule has 0 saturated carbocycles. The van der Waals surface area contributed by atoms with Gasteiger partial charge < -0.3 is 15.1 Å². The summed E-state index contributed by atoms with van der Waals surface area (Å²) < 4.78 is 0. The average molecular weight is 283 g/mol. The fraction of sp³-hybridized carbons (Fsp3) is 0.250. The number of aromatic nitrogens is 1. The first-order valence-corrected chi connectivity index (χ1v) is 5.93. The second-order valence-electron chi connectivity index (χ2n) is 4.03.